The Morgan fingerprint density at radius 1 is 1.21 bits per heavy atom. The third kappa shape index (κ3) is 3.53. The smallest absolute Gasteiger partial charge is 0.325 e. The maximum absolute atomic E-state index is 12.6. The molecule has 1 saturated heterocycles. The van der Waals surface area contributed by atoms with E-state index in [9.17, 15) is 19.2 Å². The van der Waals surface area contributed by atoms with Crippen molar-refractivity contribution < 1.29 is 23.9 Å². The molecule has 1 aliphatic carbocycles. The second-order valence-electron chi connectivity index (χ2n) is 7.56. The molecule has 7 nitrogen and oxygen atoms in total. The van der Waals surface area contributed by atoms with Gasteiger partial charge in [0, 0.05) is 11.2 Å². The molecule has 1 aromatic heterocycles. The molecular weight excluding hydrogens is 392 g/mol. The van der Waals surface area contributed by atoms with Gasteiger partial charge in [0.05, 0.1) is 11.3 Å². The lowest BCUT2D eigenvalue weighted by Gasteiger charge is -2.19. The molecule has 152 valence electrons. The maximum Gasteiger partial charge on any atom is 0.325 e. The van der Waals surface area contributed by atoms with Gasteiger partial charge in [0.2, 0.25) is 5.78 Å². The van der Waals surface area contributed by atoms with E-state index < -0.39 is 17.5 Å². The third-order valence-corrected chi connectivity index (χ3v) is 7.02. The van der Waals surface area contributed by atoms with Gasteiger partial charge < -0.3 is 10.1 Å². The monoisotopic (exact) mass is 414 g/mol. The first-order valence-corrected chi connectivity index (χ1v) is 10.5. The van der Waals surface area contributed by atoms with Crippen LogP contribution in [0.2, 0.25) is 0 Å². The van der Waals surface area contributed by atoms with Gasteiger partial charge in [0.15, 0.2) is 6.61 Å². The van der Waals surface area contributed by atoms with Gasteiger partial charge in [0.1, 0.15) is 5.54 Å². The Morgan fingerprint density at radius 3 is 2.66 bits per heavy atom. The fraction of sp³-hybridized carbons (Fsp3) is 0.429. The molecule has 2 aliphatic rings. The van der Waals surface area contributed by atoms with Crippen molar-refractivity contribution in [2.45, 2.75) is 44.6 Å². The van der Waals surface area contributed by atoms with Crippen molar-refractivity contribution in [2.75, 3.05) is 13.2 Å². The number of imide groups is 1. The summed E-state index contributed by atoms with van der Waals surface area (Å²) >= 11 is 1.38. The first-order chi connectivity index (χ1) is 13.9. The van der Waals surface area contributed by atoms with Crippen LogP contribution < -0.4 is 5.32 Å². The second kappa shape index (κ2) is 7.59. The number of nitrogens with one attached hydrogen (secondary N) is 1. The van der Waals surface area contributed by atoms with Crippen molar-refractivity contribution in [3.05, 3.63) is 34.7 Å². The summed E-state index contributed by atoms with van der Waals surface area (Å²) in [5.74, 6) is -1.12. The van der Waals surface area contributed by atoms with E-state index >= 15 is 0 Å². The topological polar surface area (TPSA) is 92.8 Å². The van der Waals surface area contributed by atoms with E-state index in [1.807, 2.05) is 31.2 Å². The first kappa shape index (κ1) is 19.6. The number of ether oxygens (including phenoxy) is 1. The molecule has 0 bridgehead atoms. The molecule has 4 rings (SSSR count). The molecule has 1 saturated carbocycles. The highest BCUT2D eigenvalue weighted by molar-refractivity contribution is 7.21. The molecule has 0 radical (unpaired) electrons. The van der Waals surface area contributed by atoms with Crippen molar-refractivity contribution in [1.29, 1.82) is 0 Å². The summed E-state index contributed by atoms with van der Waals surface area (Å²) in [4.78, 5) is 50.9. The summed E-state index contributed by atoms with van der Waals surface area (Å²) in [6, 6.07) is 7.28. The van der Waals surface area contributed by atoms with Crippen LogP contribution in [0, 0.1) is 6.92 Å². The van der Waals surface area contributed by atoms with E-state index in [1.165, 1.54) is 11.3 Å². The van der Waals surface area contributed by atoms with Crippen molar-refractivity contribution in [3.8, 4) is 0 Å². The molecule has 0 atom stereocenters. The number of urea groups is 1. The van der Waals surface area contributed by atoms with Gasteiger partial charge in [-0.15, -0.1) is 11.3 Å². The van der Waals surface area contributed by atoms with E-state index in [0.717, 1.165) is 33.4 Å². The lowest BCUT2D eigenvalue weighted by Crippen LogP contribution is -2.44. The summed E-state index contributed by atoms with van der Waals surface area (Å²) in [6.45, 7) is 1.49. The van der Waals surface area contributed by atoms with Crippen molar-refractivity contribution >= 4 is 45.1 Å². The van der Waals surface area contributed by atoms with Crippen LogP contribution in [-0.4, -0.2) is 47.3 Å². The van der Waals surface area contributed by atoms with Crippen molar-refractivity contribution in [1.82, 2.24) is 10.2 Å². The van der Waals surface area contributed by atoms with Gasteiger partial charge in [-0.25, -0.2) is 4.79 Å². The molecule has 0 unspecified atom stereocenters. The molecule has 1 N–H and O–H groups in total. The zero-order valence-electron chi connectivity index (χ0n) is 16.2. The second-order valence-corrected chi connectivity index (χ2v) is 8.61. The number of nitrogens with zero attached hydrogens (tertiary/aromatic N) is 1. The minimum absolute atomic E-state index is 0.0403. The number of rotatable bonds is 6. The molecule has 2 aromatic rings. The fourth-order valence-corrected chi connectivity index (χ4v) is 5.26. The lowest BCUT2D eigenvalue weighted by atomic mass is 9.98. The van der Waals surface area contributed by atoms with Crippen LogP contribution in [0.4, 0.5) is 4.79 Å². The predicted molar refractivity (Wildman–Crippen MR) is 108 cm³/mol. The molecule has 1 spiro atoms. The van der Waals surface area contributed by atoms with Crippen LogP contribution in [0.15, 0.2) is 24.3 Å². The summed E-state index contributed by atoms with van der Waals surface area (Å²) in [5.41, 5.74) is 0.100. The number of thiophene rings is 1. The molecule has 8 heteroatoms. The lowest BCUT2D eigenvalue weighted by molar-refractivity contribution is -0.143. The number of ketones is 1. The van der Waals surface area contributed by atoms with Gasteiger partial charge in [0.25, 0.3) is 5.91 Å². The largest absolute Gasteiger partial charge is 0.457 e. The van der Waals surface area contributed by atoms with Crippen LogP contribution in [0.3, 0.4) is 0 Å². The highest BCUT2D eigenvalue weighted by Gasteiger charge is 2.52. The summed E-state index contributed by atoms with van der Waals surface area (Å²) in [5, 5.41) is 3.80. The molecule has 29 heavy (non-hydrogen) atoms. The zero-order valence-corrected chi connectivity index (χ0v) is 17.0. The molecule has 1 aliphatic heterocycles. The number of fused-ring (bicyclic) bond motifs is 1. The van der Waals surface area contributed by atoms with E-state index in [4.69, 9.17) is 4.74 Å². The van der Waals surface area contributed by atoms with Crippen LogP contribution in [0.25, 0.3) is 10.1 Å². The number of esters is 1. The summed E-state index contributed by atoms with van der Waals surface area (Å²) in [6.07, 6.45) is 2.96. The van der Waals surface area contributed by atoms with Gasteiger partial charge >= 0.3 is 12.0 Å². The van der Waals surface area contributed by atoms with E-state index in [-0.39, 0.29) is 31.3 Å². The normalized spacial score (nSPS) is 17.9. The van der Waals surface area contributed by atoms with Gasteiger partial charge in [-0.3, -0.25) is 19.3 Å². The molecule has 1 aromatic carbocycles. The average molecular weight is 414 g/mol. The fourth-order valence-electron chi connectivity index (χ4n) is 4.12. The Morgan fingerprint density at radius 2 is 1.93 bits per heavy atom. The minimum atomic E-state index is -0.782. The van der Waals surface area contributed by atoms with Crippen molar-refractivity contribution in [2.24, 2.45) is 0 Å². The SMILES string of the molecule is Cc1c(C(=O)COC(=O)CCN2C(=O)NC3(CCCC3)C2=O)sc2ccccc12. The standard InChI is InChI=1S/C21H22N2O5S/c1-13-14-6-2-3-7-16(14)29-18(13)15(24)12-28-17(25)8-11-23-19(26)21(22-20(23)27)9-4-5-10-21/h2-3,6-7H,4-5,8-12H2,1H3,(H,22,27). The van der Waals surface area contributed by atoms with Gasteiger partial charge in [-0.2, -0.15) is 0 Å². The number of carbonyl (C=O) groups is 4. The third-order valence-electron chi connectivity index (χ3n) is 5.70. The number of carbonyl (C=O) groups excluding carboxylic acids is 4. The van der Waals surface area contributed by atoms with Gasteiger partial charge in [-0.1, -0.05) is 31.0 Å². The Kier molecular flexibility index (Phi) is 5.12. The Labute approximate surface area is 172 Å². The number of amides is 3. The summed E-state index contributed by atoms with van der Waals surface area (Å²) in [7, 11) is 0. The van der Waals surface area contributed by atoms with Crippen LogP contribution in [0.1, 0.15) is 47.3 Å². The first-order valence-electron chi connectivity index (χ1n) is 9.72. The molecule has 2 heterocycles. The molecule has 2 fully saturated rings. The molecule has 3 amide bonds. The van der Waals surface area contributed by atoms with Crippen molar-refractivity contribution in [3.63, 3.8) is 0 Å². The van der Waals surface area contributed by atoms with E-state index in [2.05, 4.69) is 5.32 Å². The minimum Gasteiger partial charge on any atom is -0.457 e. The van der Waals surface area contributed by atoms with Crippen LogP contribution >= 0.6 is 11.3 Å². The highest BCUT2D eigenvalue weighted by atomic mass is 32.1. The number of aryl methyl sites for hydroxylation is 1. The van der Waals surface area contributed by atoms with Gasteiger partial charge in [-0.05, 0) is 36.8 Å². The number of hydrogen-bond donors (Lipinski definition) is 1. The average Bonchev–Trinajstić information content (AvgIpc) is 3.37. The number of benzene rings is 1. The zero-order chi connectivity index (χ0) is 20.6. The highest BCUT2D eigenvalue weighted by Crippen LogP contribution is 2.35. The Hall–Kier alpha value is -2.74. The maximum atomic E-state index is 12.6. The Balaban J connectivity index is 1.31. The quantitative estimate of drug-likeness (QED) is 0.445. The number of hydrogen-bond acceptors (Lipinski definition) is 6. The molecular formula is C21H22N2O5S. The van der Waals surface area contributed by atoms with Crippen LogP contribution in [0.5, 0.6) is 0 Å². The van der Waals surface area contributed by atoms with E-state index in [0.29, 0.717) is 17.7 Å². The summed E-state index contributed by atoms with van der Waals surface area (Å²) < 4.78 is 6.12. The predicted octanol–water partition coefficient (Wildman–Crippen LogP) is 3.19. The van der Waals surface area contributed by atoms with E-state index in [1.54, 1.807) is 0 Å². The Bertz CT molecular complexity index is 1010. The van der Waals surface area contributed by atoms with Crippen LogP contribution in [-0.2, 0) is 14.3 Å². The number of Topliss-reactive ketones (excluding diaryl/α,β-unsaturated/α-hetero) is 1.